The highest BCUT2D eigenvalue weighted by Gasteiger charge is 2.09. The number of hydrogen-bond donors (Lipinski definition) is 2. The number of carboxylic acid groups (broad SMARTS) is 1. The molecule has 0 saturated carbocycles. The number of benzene rings is 2. The van der Waals surface area contributed by atoms with E-state index in [9.17, 15) is 9.90 Å². The molecule has 5 nitrogen and oxygen atoms in total. The van der Waals surface area contributed by atoms with Gasteiger partial charge in [0, 0.05) is 5.39 Å². The third-order valence-electron chi connectivity index (χ3n) is 3.05. The number of hydrogen-bond acceptors (Lipinski definition) is 4. The van der Waals surface area contributed by atoms with Crippen LogP contribution in [0.3, 0.4) is 0 Å². The lowest BCUT2D eigenvalue weighted by Crippen LogP contribution is -1.94. The first-order valence-electron chi connectivity index (χ1n) is 6.30. The molecule has 0 unspecified atom stereocenters. The third kappa shape index (κ3) is 2.67. The number of carboxylic acids is 1. The molecule has 0 amide bonds. The molecular weight excluding hydrogens is 272 g/mol. The van der Waals surface area contributed by atoms with E-state index in [1.54, 1.807) is 30.3 Å². The van der Waals surface area contributed by atoms with Crippen LogP contribution in [0.4, 0.5) is 0 Å². The number of phenolic OH excluding ortho intramolecular Hbond substituents is 1. The van der Waals surface area contributed by atoms with Crippen molar-refractivity contribution in [2.75, 3.05) is 0 Å². The minimum absolute atomic E-state index is 0.0572. The standard InChI is InChI=1S/C16H12O5/c17-13-3-1-2-4-14(13)20-9-12-7-10-5-6-11(16(18)19)8-15(10)21-12/h1-8,17H,9H2,(H,18,19). The van der Waals surface area contributed by atoms with Crippen LogP contribution < -0.4 is 4.74 Å². The van der Waals surface area contributed by atoms with Crippen LogP contribution in [-0.4, -0.2) is 16.2 Å². The summed E-state index contributed by atoms with van der Waals surface area (Å²) in [6.45, 7) is 0.147. The Hall–Kier alpha value is -2.95. The molecule has 0 aliphatic rings. The Labute approximate surface area is 120 Å². The molecule has 0 aliphatic carbocycles. The number of fused-ring (bicyclic) bond motifs is 1. The van der Waals surface area contributed by atoms with Crippen LogP contribution in [0.25, 0.3) is 11.0 Å². The molecule has 2 N–H and O–H groups in total. The highest BCUT2D eigenvalue weighted by Crippen LogP contribution is 2.27. The van der Waals surface area contributed by atoms with Crippen molar-refractivity contribution in [2.24, 2.45) is 0 Å². The Morgan fingerprint density at radius 2 is 1.95 bits per heavy atom. The molecule has 3 rings (SSSR count). The number of furan rings is 1. The Balaban J connectivity index is 1.82. The molecule has 1 aromatic heterocycles. The summed E-state index contributed by atoms with van der Waals surface area (Å²) in [6.07, 6.45) is 0. The maximum atomic E-state index is 10.9. The van der Waals surface area contributed by atoms with Gasteiger partial charge in [0.25, 0.3) is 0 Å². The van der Waals surface area contributed by atoms with Crippen molar-refractivity contribution in [3.8, 4) is 11.5 Å². The highest BCUT2D eigenvalue weighted by atomic mass is 16.5. The second-order valence-electron chi connectivity index (χ2n) is 4.53. The van der Waals surface area contributed by atoms with Crippen LogP contribution in [0.2, 0.25) is 0 Å². The summed E-state index contributed by atoms with van der Waals surface area (Å²) >= 11 is 0. The number of aromatic hydroxyl groups is 1. The predicted octanol–water partition coefficient (Wildman–Crippen LogP) is 3.42. The van der Waals surface area contributed by atoms with Crippen LogP contribution in [-0.2, 0) is 6.61 Å². The maximum Gasteiger partial charge on any atom is 0.335 e. The number of para-hydroxylation sites is 2. The smallest absolute Gasteiger partial charge is 0.335 e. The van der Waals surface area contributed by atoms with Crippen molar-refractivity contribution in [1.29, 1.82) is 0 Å². The highest BCUT2D eigenvalue weighted by molar-refractivity contribution is 5.92. The fraction of sp³-hybridized carbons (Fsp3) is 0.0625. The van der Waals surface area contributed by atoms with Gasteiger partial charge in [-0.25, -0.2) is 4.79 Å². The van der Waals surface area contributed by atoms with Gasteiger partial charge in [-0.3, -0.25) is 0 Å². The topological polar surface area (TPSA) is 79.9 Å². The Morgan fingerprint density at radius 1 is 1.14 bits per heavy atom. The zero-order chi connectivity index (χ0) is 14.8. The molecule has 21 heavy (non-hydrogen) atoms. The van der Waals surface area contributed by atoms with E-state index < -0.39 is 5.97 Å². The third-order valence-corrected chi connectivity index (χ3v) is 3.05. The van der Waals surface area contributed by atoms with Gasteiger partial charge in [-0.2, -0.15) is 0 Å². The van der Waals surface area contributed by atoms with Crippen molar-refractivity contribution >= 4 is 16.9 Å². The molecule has 1 heterocycles. The Kier molecular flexibility index (Phi) is 3.23. The maximum absolute atomic E-state index is 10.9. The van der Waals surface area contributed by atoms with Crippen LogP contribution in [0, 0.1) is 0 Å². The summed E-state index contributed by atoms with van der Waals surface area (Å²) < 4.78 is 11.0. The summed E-state index contributed by atoms with van der Waals surface area (Å²) in [7, 11) is 0. The lowest BCUT2D eigenvalue weighted by molar-refractivity contribution is 0.0697. The van der Waals surface area contributed by atoms with Gasteiger partial charge in [-0.1, -0.05) is 18.2 Å². The van der Waals surface area contributed by atoms with Gasteiger partial charge in [0.1, 0.15) is 18.0 Å². The Morgan fingerprint density at radius 3 is 2.71 bits per heavy atom. The lowest BCUT2D eigenvalue weighted by Gasteiger charge is -2.05. The molecule has 0 radical (unpaired) electrons. The number of phenols is 1. The van der Waals surface area contributed by atoms with Gasteiger partial charge in [-0.05, 0) is 30.3 Å². The molecule has 0 atom stereocenters. The summed E-state index contributed by atoms with van der Waals surface area (Å²) in [5.41, 5.74) is 0.663. The van der Waals surface area contributed by atoms with Crippen LogP contribution in [0.5, 0.6) is 11.5 Å². The first-order valence-corrected chi connectivity index (χ1v) is 6.30. The van der Waals surface area contributed by atoms with Crippen molar-refractivity contribution in [3.05, 3.63) is 59.9 Å². The lowest BCUT2D eigenvalue weighted by atomic mass is 10.2. The number of rotatable bonds is 4. The molecule has 0 aliphatic heterocycles. The largest absolute Gasteiger partial charge is 0.504 e. The average molecular weight is 284 g/mol. The second-order valence-corrected chi connectivity index (χ2v) is 4.53. The van der Waals surface area contributed by atoms with E-state index in [-0.39, 0.29) is 17.9 Å². The van der Waals surface area contributed by atoms with Gasteiger partial charge >= 0.3 is 5.97 Å². The molecule has 0 saturated heterocycles. The van der Waals surface area contributed by atoms with Gasteiger partial charge in [0.15, 0.2) is 11.5 Å². The fourth-order valence-corrected chi connectivity index (χ4v) is 2.02. The van der Waals surface area contributed by atoms with Crippen molar-refractivity contribution < 1.29 is 24.2 Å². The zero-order valence-electron chi connectivity index (χ0n) is 10.9. The second kappa shape index (κ2) is 5.20. The van der Waals surface area contributed by atoms with E-state index in [0.717, 1.165) is 5.39 Å². The molecule has 3 aromatic rings. The number of carbonyl (C=O) groups is 1. The normalized spacial score (nSPS) is 10.7. The molecule has 0 bridgehead atoms. The minimum Gasteiger partial charge on any atom is -0.504 e. The van der Waals surface area contributed by atoms with Gasteiger partial charge in [0.05, 0.1) is 5.56 Å². The minimum atomic E-state index is -1.000. The SMILES string of the molecule is O=C(O)c1ccc2cc(COc3ccccc3O)oc2c1. The first kappa shape index (κ1) is 13.1. The fourth-order valence-electron chi connectivity index (χ4n) is 2.02. The zero-order valence-corrected chi connectivity index (χ0v) is 10.9. The molecular formula is C16H12O5. The van der Waals surface area contributed by atoms with E-state index in [4.69, 9.17) is 14.3 Å². The monoisotopic (exact) mass is 284 g/mol. The van der Waals surface area contributed by atoms with Crippen LogP contribution >= 0.6 is 0 Å². The van der Waals surface area contributed by atoms with Gasteiger partial charge in [0.2, 0.25) is 0 Å². The van der Waals surface area contributed by atoms with E-state index in [0.29, 0.717) is 17.1 Å². The first-order chi connectivity index (χ1) is 10.1. The van der Waals surface area contributed by atoms with E-state index in [1.165, 1.54) is 18.2 Å². The van der Waals surface area contributed by atoms with Crippen molar-refractivity contribution in [3.63, 3.8) is 0 Å². The quantitative estimate of drug-likeness (QED) is 0.767. The summed E-state index contributed by atoms with van der Waals surface area (Å²) in [4.78, 5) is 10.9. The summed E-state index contributed by atoms with van der Waals surface area (Å²) in [5.74, 6) is -0.0259. The molecule has 106 valence electrons. The molecule has 2 aromatic carbocycles. The molecule has 0 spiro atoms. The number of ether oxygens (including phenoxy) is 1. The number of aromatic carboxylic acids is 1. The van der Waals surface area contributed by atoms with E-state index >= 15 is 0 Å². The Bertz CT molecular complexity index is 803. The van der Waals surface area contributed by atoms with E-state index in [1.807, 2.05) is 0 Å². The van der Waals surface area contributed by atoms with Crippen molar-refractivity contribution in [2.45, 2.75) is 6.61 Å². The molecule has 0 fully saturated rings. The van der Waals surface area contributed by atoms with E-state index in [2.05, 4.69) is 0 Å². The van der Waals surface area contributed by atoms with Crippen LogP contribution in [0.1, 0.15) is 16.1 Å². The molecule has 5 heteroatoms. The average Bonchev–Trinajstić information content (AvgIpc) is 2.88. The summed E-state index contributed by atoms with van der Waals surface area (Å²) in [6, 6.07) is 13.1. The summed E-state index contributed by atoms with van der Waals surface area (Å²) in [5, 5.41) is 19.3. The van der Waals surface area contributed by atoms with Gasteiger partial charge < -0.3 is 19.4 Å². The van der Waals surface area contributed by atoms with Crippen molar-refractivity contribution in [1.82, 2.24) is 0 Å². The predicted molar refractivity (Wildman–Crippen MR) is 75.6 cm³/mol. The van der Waals surface area contributed by atoms with Gasteiger partial charge in [-0.15, -0.1) is 0 Å². The van der Waals surface area contributed by atoms with Crippen LogP contribution in [0.15, 0.2) is 52.9 Å².